The standard InChI is InChI=1S/C12H12O3/c1-7-5-11(14)10-6-9(8(2)13)3-4-12(10)15-7/h3-4,6-7H,5H2,1-2H3. The van der Waals surface area contributed by atoms with Crippen LogP contribution in [-0.2, 0) is 0 Å². The molecule has 1 aliphatic heterocycles. The number of rotatable bonds is 1. The summed E-state index contributed by atoms with van der Waals surface area (Å²) in [5, 5.41) is 0. The molecule has 0 radical (unpaired) electrons. The monoisotopic (exact) mass is 204 g/mol. The summed E-state index contributed by atoms with van der Waals surface area (Å²) in [4.78, 5) is 22.8. The van der Waals surface area contributed by atoms with Crippen molar-refractivity contribution in [2.24, 2.45) is 0 Å². The number of Topliss-reactive ketones (excluding diaryl/α,β-unsaturated/α-hetero) is 2. The summed E-state index contributed by atoms with van der Waals surface area (Å²) in [6.45, 7) is 3.35. The molecule has 1 unspecified atom stereocenters. The highest BCUT2D eigenvalue weighted by Crippen LogP contribution is 2.28. The first kappa shape index (κ1) is 9.90. The van der Waals surface area contributed by atoms with Gasteiger partial charge in [0.05, 0.1) is 5.56 Å². The number of benzene rings is 1. The van der Waals surface area contributed by atoms with Crippen molar-refractivity contribution >= 4 is 11.6 Å². The van der Waals surface area contributed by atoms with E-state index in [-0.39, 0.29) is 17.7 Å². The Bertz CT molecular complexity index is 434. The van der Waals surface area contributed by atoms with Crippen molar-refractivity contribution < 1.29 is 14.3 Å². The molecule has 1 aromatic carbocycles. The fourth-order valence-electron chi connectivity index (χ4n) is 1.70. The first-order valence-electron chi connectivity index (χ1n) is 4.93. The maximum absolute atomic E-state index is 11.7. The normalized spacial score (nSPS) is 19.3. The number of hydrogen-bond donors (Lipinski definition) is 0. The predicted molar refractivity (Wildman–Crippen MR) is 55.5 cm³/mol. The van der Waals surface area contributed by atoms with Crippen molar-refractivity contribution in [3.05, 3.63) is 29.3 Å². The lowest BCUT2D eigenvalue weighted by Gasteiger charge is -2.22. The average Bonchev–Trinajstić information content (AvgIpc) is 2.16. The molecule has 0 spiro atoms. The number of fused-ring (bicyclic) bond motifs is 1. The van der Waals surface area contributed by atoms with Gasteiger partial charge >= 0.3 is 0 Å². The van der Waals surface area contributed by atoms with Gasteiger partial charge in [-0.3, -0.25) is 9.59 Å². The number of hydrogen-bond acceptors (Lipinski definition) is 3. The van der Waals surface area contributed by atoms with Gasteiger partial charge in [0.2, 0.25) is 0 Å². The molecule has 3 heteroatoms. The summed E-state index contributed by atoms with van der Waals surface area (Å²) in [5.74, 6) is 0.597. The molecule has 0 aromatic heterocycles. The van der Waals surface area contributed by atoms with Gasteiger partial charge in [-0.15, -0.1) is 0 Å². The highest BCUT2D eigenvalue weighted by Gasteiger charge is 2.23. The zero-order chi connectivity index (χ0) is 11.0. The molecule has 2 rings (SSSR count). The van der Waals surface area contributed by atoms with Gasteiger partial charge in [-0.25, -0.2) is 0 Å². The van der Waals surface area contributed by atoms with Crippen LogP contribution in [0, 0.1) is 0 Å². The maximum Gasteiger partial charge on any atom is 0.170 e. The lowest BCUT2D eigenvalue weighted by Crippen LogP contribution is -2.24. The van der Waals surface area contributed by atoms with Gasteiger partial charge in [0.15, 0.2) is 11.6 Å². The molecule has 0 bridgehead atoms. The molecule has 0 fully saturated rings. The lowest BCUT2D eigenvalue weighted by atomic mass is 9.98. The van der Waals surface area contributed by atoms with Crippen molar-refractivity contribution in [2.75, 3.05) is 0 Å². The predicted octanol–water partition coefficient (Wildman–Crippen LogP) is 2.24. The van der Waals surface area contributed by atoms with E-state index >= 15 is 0 Å². The zero-order valence-corrected chi connectivity index (χ0v) is 8.74. The van der Waals surface area contributed by atoms with Crippen LogP contribution in [0.3, 0.4) is 0 Å². The summed E-state index contributed by atoms with van der Waals surface area (Å²) < 4.78 is 5.50. The Balaban J connectivity index is 2.48. The Labute approximate surface area is 88.1 Å². The second kappa shape index (κ2) is 3.50. The summed E-state index contributed by atoms with van der Waals surface area (Å²) in [5.41, 5.74) is 1.08. The second-order valence-electron chi connectivity index (χ2n) is 3.82. The third-order valence-electron chi connectivity index (χ3n) is 2.49. The van der Waals surface area contributed by atoms with Crippen LogP contribution in [0.4, 0.5) is 0 Å². The van der Waals surface area contributed by atoms with Gasteiger partial charge < -0.3 is 4.74 Å². The molecule has 1 aliphatic rings. The van der Waals surface area contributed by atoms with Crippen LogP contribution in [0.2, 0.25) is 0 Å². The van der Waals surface area contributed by atoms with Gasteiger partial charge in [0.25, 0.3) is 0 Å². The molecule has 1 atom stereocenters. The molecule has 78 valence electrons. The average molecular weight is 204 g/mol. The molecular formula is C12H12O3. The number of carbonyl (C=O) groups is 2. The Hall–Kier alpha value is -1.64. The minimum atomic E-state index is -0.0758. The Kier molecular flexibility index (Phi) is 2.31. The molecule has 0 aliphatic carbocycles. The van der Waals surface area contributed by atoms with Gasteiger partial charge in [-0.2, -0.15) is 0 Å². The van der Waals surface area contributed by atoms with Crippen LogP contribution >= 0.6 is 0 Å². The zero-order valence-electron chi connectivity index (χ0n) is 8.74. The third-order valence-corrected chi connectivity index (χ3v) is 2.49. The van der Waals surface area contributed by atoms with E-state index in [0.717, 1.165) is 0 Å². The topological polar surface area (TPSA) is 43.4 Å². The maximum atomic E-state index is 11.7. The first-order chi connectivity index (χ1) is 7.08. The van der Waals surface area contributed by atoms with Crippen molar-refractivity contribution in [1.82, 2.24) is 0 Å². The van der Waals surface area contributed by atoms with Crippen molar-refractivity contribution in [2.45, 2.75) is 26.4 Å². The molecule has 0 N–H and O–H groups in total. The van der Waals surface area contributed by atoms with E-state index in [2.05, 4.69) is 0 Å². The molecule has 3 nitrogen and oxygen atoms in total. The van der Waals surface area contributed by atoms with E-state index in [9.17, 15) is 9.59 Å². The van der Waals surface area contributed by atoms with E-state index in [4.69, 9.17) is 4.74 Å². The minimum absolute atomic E-state index is 0.0378. The van der Waals surface area contributed by atoms with E-state index < -0.39 is 0 Å². The van der Waals surface area contributed by atoms with Crippen LogP contribution in [0.1, 0.15) is 41.0 Å². The largest absolute Gasteiger partial charge is 0.489 e. The fraction of sp³-hybridized carbons (Fsp3) is 0.333. The Morgan fingerprint density at radius 1 is 1.47 bits per heavy atom. The molecular weight excluding hydrogens is 192 g/mol. The van der Waals surface area contributed by atoms with Gasteiger partial charge in [-0.1, -0.05) is 0 Å². The summed E-state index contributed by atoms with van der Waals surface area (Å²) in [6, 6.07) is 5.00. The quantitative estimate of drug-likeness (QED) is 0.659. The number of carbonyl (C=O) groups excluding carboxylic acids is 2. The Morgan fingerprint density at radius 2 is 2.20 bits per heavy atom. The minimum Gasteiger partial charge on any atom is -0.489 e. The van der Waals surface area contributed by atoms with Crippen LogP contribution in [0.25, 0.3) is 0 Å². The molecule has 0 saturated heterocycles. The molecule has 0 amide bonds. The van der Waals surface area contributed by atoms with Crippen LogP contribution < -0.4 is 4.74 Å². The van der Waals surface area contributed by atoms with Crippen LogP contribution in [0.5, 0.6) is 5.75 Å². The first-order valence-corrected chi connectivity index (χ1v) is 4.93. The van der Waals surface area contributed by atoms with Crippen LogP contribution in [-0.4, -0.2) is 17.7 Å². The van der Waals surface area contributed by atoms with Crippen molar-refractivity contribution in [3.8, 4) is 5.75 Å². The number of ketones is 2. The fourth-order valence-corrected chi connectivity index (χ4v) is 1.70. The van der Waals surface area contributed by atoms with Crippen LogP contribution in [0.15, 0.2) is 18.2 Å². The van der Waals surface area contributed by atoms with E-state index in [0.29, 0.717) is 23.3 Å². The molecule has 1 heterocycles. The van der Waals surface area contributed by atoms with Crippen molar-refractivity contribution in [3.63, 3.8) is 0 Å². The summed E-state index contributed by atoms with van der Waals surface area (Å²) in [7, 11) is 0. The summed E-state index contributed by atoms with van der Waals surface area (Å²) in [6.07, 6.45) is 0.308. The van der Waals surface area contributed by atoms with E-state index in [1.165, 1.54) is 6.92 Å². The summed E-state index contributed by atoms with van der Waals surface area (Å²) >= 11 is 0. The van der Waals surface area contributed by atoms with Gasteiger partial charge in [0, 0.05) is 12.0 Å². The highest BCUT2D eigenvalue weighted by molar-refractivity contribution is 6.03. The second-order valence-corrected chi connectivity index (χ2v) is 3.82. The van der Waals surface area contributed by atoms with Gasteiger partial charge in [0.1, 0.15) is 11.9 Å². The molecule has 15 heavy (non-hydrogen) atoms. The Morgan fingerprint density at radius 3 is 2.87 bits per heavy atom. The third kappa shape index (κ3) is 1.77. The smallest absolute Gasteiger partial charge is 0.170 e. The van der Waals surface area contributed by atoms with E-state index in [1.807, 2.05) is 6.92 Å². The lowest BCUT2D eigenvalue weighted by molar-refractivity contribution is 0.0871. The number of ether oxygens (including phenoxy) is 1. The van der Waals surface area contributed by atoms with Gasteiger partial charge in [-0.05, 0) is 32.0 Å². The highest BCUT2D eigenvalue weighted by atomic mass is 16.5. The molecule has 0 saturated carbocycles. The van der Waals surface area contributed by atoms with E-state index in [1.54, 1.807) is 18.2 Å². The SMILES string of the molecule is CC(=O)c1ccc2c(c1)C(=O)CC(C)O2. The van der Waals surface area contributed by atoms with Crippen molar-refractivity contribution in [1.29, 1.82) is 0 Å². The molecule has 1 aromatic rings.